The first-order valence-corrected chi connectivity index (χ1v) is 11.1. The number of carbonyl (C=O) groups excluding carboxylic acids is 4. The van der Waals surface area contributed by atoms with Gasteiger partial charge < -0.3 is 25.6 Å². The topological polar surface area (TPSA) is 141 Å². The minimum Gasteiger partial charge on any atom is -0.453 e. The van der Waals surface area contributed by atoms with E-state index in [2.05, 4.69) is 20.7 Å². The van der Waals surface area contributed by atoms with Gasteiger partial charge in [0.1, 0.15) is 18.1 Å². The molecule has 0 radical (unpaired) electrons. The molecule has 190 valence electrons. The number of hydrogen-bond acceptors (Lipinski definition) is 6. The molecule has 5 atom stereocenters. The van der Waals surface area contributed by atoms with Gasteiger partial charge in [0.2, 0.25) is 17.7 Å². The lowest BCUT2D eigenvalue weighted by atomic mass is 9.92. The largest absolute Gasteiger partial charge is 0.453 e. The second kappa shape index (κ2) is 11.4. The second-order valence-corrected chi connectivity index (χ2v) is 8.89. The number of halogens is 3. The molecule has 2 fully saturated rings. The van der Waals surface area contributed by atoms with Gasteiger partial charge in [-0.05, 0) is 31.6 Å². The van der Waals surface area contributed by atoms with E-state index < -0.39 is 72.9 Å². The maximum atomic E-state index is 13.5. The smallest absolute Gasteiger partial charge is 0.407 e. The third-order valence-corrected chi connectivity index (χ3v) is 6.13. The first-order valence-electron chi connectivity index (χ1n) is 11.1. The maximum absolute atomic E-state index is 13.5. The molecule has 2 heterocycles. The van der Waals surface area contributed by atoms with Gasteiger partial charge in [-0.1, -0.05) is 13.8 Å². The van der Waals surface area contributed by atoms with Gasteiger partial charge in [-0.15, -0.1) is 0 Å². The summed E-state index contributed by atoms with van der Waals surface area (Å²) in [5.41, 5.74) is 0. The Kier molecular flexibility index (Phi) is 9.12. The van der Waals surface area contributed by atoms with E-state index in [1.54, 1.807) is 13.8 Å². The summed E-state index contributed by atoms with van der Waals surface area (Å²) in [6, 6.07) is -1.95. The summed E-state index contributed by atoms with van der Waals surface area (Å²) in [6.45, 7) is 2.94. The van der Waals surface area contributed by atoms with Crippen molar-refractivity contribution in [3.8, 4) is 6.07 Å². The Morgan fingerprint density at radius 2 is 1.97 bits per heavy atom. The summed E-state index contributed by atoms with van der Waals surface area (Å²) in [7, 11) is 1.08. The predicted molar refractivity (Wildman–Crippen MR) is 112 cm³/mol. The molecule has 2 aliphatic heterocycles. The molecule has 2 saturated heterocycles. The normalized spacial score (nSPS) is 24.6. The number of alkyl carbamates (subject to hydrolysis) is 1. The van der Waals surface area contributed by atoms with Crippen LogP contribution in [0.5, 0.6) is 0 Å². The summed E-state index contributed by atoms with van der Waals surface area (Å²) in [4.78, 5) is 50.5. The van der Waals surface area contributed by atoms with Crippen molar-refractivity contribution in [2.45, 2.75) is 63.8 Å². The molecule has 10 nitrogen and oxygen atoms in total. The molecule has 0 aromatic heterocycles. The number of nitrogens with zero attached hydrogens (tertiary/aromatic N) is 2. The number of alkyl halides is 3. The fourth-order valence-electron chi connectivity index (χ4n) is 4.20. The van der Waals surface area contributed by atoms with Gasteiger partial charge in [-0.25, -0.2) is 4.79 Å². The van der Waals surface area contributed by atoms with Gasteiger partial charge in [0.15, 0.2) is 0 Å². The Bertz CT molecular complexity index is 829. The van der Waals surface area contributed by atoms with Gasteiger partial charge in [0.05, 0.1) is 19.1 Å². The number of carbonyl (C=O) groups is 4. The zero-order valence-electron chi connectivity index (χ0n) is 19.3. The van der Waals surface area contributed by atoms with Crippen molar-refractivity contribution in [1.29, 1.82) is 5.26 Å². The van der Waals surface area contributed by atoms with Crippen molar-refractivity contribution in [2.75, 3.05) is 20.2 Å². The Morgan fingerprint density at radius 3 is 2.50 bits per heavy atom. The Balaban J connectivity index is 2.21. The highest BCUT2D eigenvalue weighted by Crippen LogP contribution is 2.37. The van der Waals surface area contributed by atoms with Crippen LogP contribution in [0.3, 0.4) is 0 Å². The SMILES string of the molecule is COC(=O)N[C@H](C(=O)N1C[C@H](C(F)(F)F)C[C@H]1C(=O)N[C@H](C#N)C[C@@H]1CCCNC1=O)C(C)C. The monoisotopic (exact) mass is 489 g/mol. The van der Waals surface area contributed by atoms with Crippen LogP contribution in [0.1, 0.15) is 39.5 Å². The number of rotatable bonds is 7. The Labute approximate surface area is 195 Å². The molecule has 0 aromatic carbocycles. The molecular weight excluding hydrogens is 459 g/mol. The molecule has 13 heteroatoms. The lowest BCUT2D eigenvalue weighted by Gasteiger charge is -2.31. The van der Waals surface area contributed by atoms with E-state index in [4.69, 9.17) is 0 Å². The van der Waals surface area contributed by atoms with Crippen LogP contribution in [0.2, 0.25) is 0 Å². The number of piperidine rings is 1. The number of amides is 4. The van der Waals surface area contributed by atoms with Gasteiger partial charge in [0, 0.05) is 19.0 Å². The predicted octanol–water partition coefficient (Wildman–Crippen LogP) is 1.07. The fourth-order valence-corrected chi connectivity index (χ4v) is 4.20. The molecule has 0 saturated carbocycles. The molecule has 0 aromatic rings. The van der Waals surface area contributed by atoms with E-state index in [-0.39, 0.29) is 12.3 Å². The van der Waals surface area contributed by atoms with E-state index in [0.29, 0.717) is 19.4 Å². The van der Waals surface area contributed by atoms with Crippen LogP contribution in [0.25, 0.3) is 0 Å². The molecule has 0 unspecified atom stereocenters. The molecule has 4 amide bonds. The summed E-state index contributed by atoms with van der Waals surface area (Å²) < 4.78 is 44.9. The van der Waals surface area contributed by atoms with E-state index in [0.717, 1.165) is 12.0 Å². The van der Waals surface area contributed by atoms with Crippen LogP contribution in [-0.4, -0.2) is 73.2 Å². The fraction of sp³-hybridized carbons (Fsp3) is 0.762. The number of likely N-dealkylation sites (tertiary alicyclic amines) is 1. The average molecular weight is 489 g/mol. The minimum absolute atomic E-state index is 0.00988. The molecule has 3 N–H and O–H groups in total. The first-order chi connectivity index (χ1) is 15.9. The number of methoxy groups -OCH3 is 1. The molecule has 2 aliphatic rings. The number of hydrogen-bond donors (Lipinski definition) is 3. The second-order valence-electron chi connectivity index (χ2n) is 8.89. The molecule has 34 heavy (non-hydrogen) atoms. The minimum atomic E-state index is -4.65. The third-order valence-electron chi connectivity index (χ3n) is 6.13. The molecule has 0 spiro atoms. The van der Waals surface area contributed by atoms with Crippen molar-refractivity contribution < 1.29 is 37.1 Å². The number of ether oxygens (including phenoxy) is 1. The van der Waals surface area contributed by atoms with Gasteiger partial charge >= 0.3 is 12.3 Å². The van der Waals surface area contributed by atoms with E-state index in [1.807, 2.05) is 6.07 Å². The van der Waals surface area contributed by atoms with E-state index in [1.165, 1.54) is 0 Å². The lowest BCUT2D eigenvalue weighted by Crippen LogP contribution is -2.56. The summed E-state index contributed by atoms with van der Waals surface area (Å²) >= 11 is 0. The summed E-state index contributed by atoms with van der Waals surface area (Å²) in [5, 5.41) is 16.8. The van der Waals surface area contributed by atoms with Crippen molar-refractivity contribution in [1.82, 2.24) is 20.9 Å². The molecular formula is C21H30F3N5O5. The Morgan fingerprint density at radius 1 is 1.29 bits per heavy atom. The highest BCUT2D eigenvalue weighted by Gasteiger charge is 2.52. The van der Waals surface area contributed by atoms with Crippen molar-refractivity contribution in [2.24, 2.45) is 17.8 Å². The highest BCUT2D eigenvalue weighted by molar-refractivity contribution is 5.92. The quantitative estimate of drug-likeness (QED) is 0.489. The summed E-state index contributed by atoms with van der Waals surface area (Å²) in [6.07, 6.45) is -5.01. The van der Waals surface area contributed by atoms with Crippen LogP contribution >= 0.6 is 0 Å². The van der Waals surface area contributed by atoms with Gasteiger partial charge in [-0.2, -0.15) is 18.4 Å². The zero-order chi connectivity index (χ0) is 25.6. The number of nitriles is 1. The lowest BCUT2D eigenvalue weighted by molar-refractivity contribution is -0.171. The maximum Gasteiger partial charge on any atom is 0.407 e. The van der Waals surface area contributed by atoms with Crippen LogP contribution < -0.4 is 16.0 Å². The van der Waals surface area contributed by atoms with Crippen LogP contribution in [-0.2, 0) is 19.1 Å². The molecule has 2 rings (SSSR count). The zero-order valence-corrected chi connectivity index (χ0v) is 19.3. The summed E-state index contributed by atoms with van der Waals surface area (Å²) in [5.74, 6) is -4.96. The Hall–Kier alpha value is -3.04. The molecule has 0 aliphatic carbocycles. The highest BCUT2D eigenvalue weighted by atomic mass is 19.4. The standard InChI is InChI=1S/C21H30F3N5O5/c1-11(2)16(28-20(33)34-3)19(32)29-10-13(21(22,23)24)8-15(29)18(31)27-14(9-25)7-12-5-4-6-26-17(12)30/h11-16H,4-8,10H2,1-3H3,(H,26,30)(H,27,31)(H,28,33)/t12-,13+,14-,15-,16-/m0/s1. The van der Waals surface area contributed by atoms with E-state index >= 15 is 0 Å². The van der Waals surface area contributed by atoms with Crippen LogP contribution in [0.4, 0.5) is 18.0 Å². The van der Waals surface area contributed by atoms with Gasteiger partial charge in [-0.3, -0.25) is 14.4 Å². The third kappa shape index (κ3) is 6.74. The van der Waals surface area contributed by atoms with E-state index in [9.17, 15) is 37.6 Å². The van der Waals surface area contributed by atoms with Crippen molar-refractivity contribution >= 4 is 23.8 Å². The van der Waals surface area contributed by atoms with Gasteiger partial charge in [0.25, 0.3) is 0 Å². The van der Waals surface area contributed by atoms with Crippen molar-refractivity contribution in [3.63, 3.8) is 0 Å². The average Bonchev–Trinajstić information content (AvgIpc) is 3.23. The van der Waals surface area contributed by atoms with Crippen molar-refractivity contribution in [3.05, 3.63) is 0 Å². The first kappa shape index (κ1) is 27.2. The number of nitrogens with one attached hydrogen (secondary N) is 3. The van der Waals surface area contributed by atoms with Crippen LogP contribution in [0.15, 0.2) is 0 Å². The molecule has 0 bridgehead atoms. The van der Waals surface area contributed by atoms with Crippen LogP contribution in [0, 0.1) is 29.1 Å².